The molecule has 10 heteroatoms. The molecule has 150 valence electrons. The summed E-state index contributed by atoms with van der Waals surface area (Å²) in [4.78, 5) is 19.6. The lowest BCUT2D eigenvalue weighted by atomic mass is 10.3. The van der Waals surface area contributed by atoms with Gasteiger partial charge >= 0.3 is 0 Å². The van der Waals surface area contributed by atoms with Gasteiger partial charge in [0, 0.05) is 28.0 Å². The van der Waals surface area contributed by atoms with Crippen molar-refractivity contribution in [1.82, 2.24) is 9.97 Å². The molecule has 3 rings (SSSR count). The van der Waals surface area contributed by atoms with E-state index in [1.54, 1.807) is 30.0 Å². The van der Waals surface area contributed by atoms with Crippen molar-refractivity contribution in [2.24, 2.45) is 0 Å². The first-order valence-corrected chi connectivity index (χ1v) is 9.89. The number of non-ortho nitro benzene ring substituents is 1. The van der Waals surface area contributed by atoms with Crippen molar-refractivity contribution in [2.75, 3.05) is 10.4 Å². The van der Waals surface area contributed by atoms with E-state index in [9.17, 15) is 15.3 Å². The Morgan fingerprint density at radius 3 is 2.55 bits per heavy atom. The number of hydrogen-bond acceptors (Lipinski definition) is 8. The van der Waals surface area contributed by atoms with Gasteiger partial charge in [0.05, 0.1) is 16.8 Å². The van der Waals surface area contributed by atoms with Crippen molar-refractivity contribution in [3.05, 3.63) is 69.9 Å². The fourth-order valence-electron chi connectivity index (χ4n) is 2.46. The first-order valence-electron chi connectivity index (χ1n) is 8.64. The van der Waals surface area contributed by atoms with Crippen LogP contribution in [0.1, 0.15) is 13.8 Å². The maximum Gasteiger partial charge on any atom is 0.269 e. The Hall–Kier alpha value is -2.88. The van der Waals surface area contributed by atoms with E-state index in [1.807, 2.05) is 18.2 Å². The lowest BCUT2D eigenvalue weighted by Gasteiger charge is -2.21. The van der Waals surface area contributed by atoms with E-state index in [-0.39, 0.29) is 22.5 Å². The summed E-state index contributed by atoms with van der Waals surface area (Å²) in [5.74, 6) is 0.300. The molecule has 3 aromatic rings. The third kappa shape index (κ3) is 5.14. The highest BCUT2D eigenvalue weighted by Crippen LogP contribution is 2.37. The Labute approximate surface area is 176 Å². The second-order valence-electron chi connectivity index (χ2n) is 6.24. The molecule has 1 aromatic heterocycles. The number of nitro groups is 1. The molecule has 0 aliphatic rings. The van der Waals surface area contributed by atoms with E-state index in [1.165, 1.54) is 18.3 Å². The number of halogens is 1. The van der Waals surface area contributed by atoms with E-state index in [0.717, 1.165) is 9.96 Å². The summed E-state index contributed by atoms with van der Waals surface area (Å²) in [6.45, 7) is 4.13. The van der Waals surface area contributed by atoms with Crippen LogP contribution in [0.2, 0.25) is 5.02 Å². The van der Waals surface area contributed by atoms with E-state index in [2.05, 4.69) is 29.1 Å². The summed E-state index contributed by atoms with van der Waals surface area (Å²) in [7, 11) is 0. The number of nitrogens with one attached hydrogen (secondary N) is 1. The van der Waals surface area contributed by atoms with Gasteiger partial charge in [0.25, 0.3) is 5.69 Å². The second kappa shape index (κ2) is 9.08. The molecule has 8 nitrogen and oxygen atoms in total. The Kier molecular flexibility index (Phi) is 6.53. The normalized spacial score (nSPS) is 10.8. The fourth-order valence-corrected chi connectivity index (χ4v) is 3.57. The van der Waals surface area contributed by atoms with Gasteiger partial charge in [-0.05, 0) is 24.3 Å². The minimum absolute atomic E-state index is 0.0194. The van der Waals surface area contributed by atoms with E-state index in [0.29, 0.717) is 16.6 Å². The fraction of sp³-hybridized carbons (Fsp3) is 0.158. The molecule has 0 saturated heterocycles. The van der Waals surface area contributed by atoms with Gasteiger partial charge in [0.15, 0.2) is 5.82 Å². The van der Waals surface area contributed by atoms with Crippen LogP contribution in [0.25, 0.3) is 0 Å². The number of aromatic nitrogens is 2. The summed E-state index contributed by atoms with van der Waals surface area (Å²) in [6.07, 6.45) is 1.37. The number of hydrogen-bond donors (Lipinski definition) is 2. The molecule has 0 unspecified atom stereocenters. The van der Waals surface area contributed by atoms with Crippen molar-refractivity contribution in [3.63, 3.8) is 0 Å². The summed E-state index contributed by atoms with van der Waals surface area (Å²) in [6, 6.07) is 13.2. The molecule has 1 heterocycles. The van der Waals surface area contributed by atoms with Crippen molar-refractivity contribution in [1.29, 1.82) is 0 Å². The van der Waals surface area contributed by atoms with Crippen molar-refractivity contribution < 1.29 is 10.1 Å². The highest BCUT2D eigenvalue weighted by Gasteiger charge is 2.18. The summed E-state index contributed by atoms with van der Waals surface area (Å²) < 4.78 is 0. The van der Waals surface area contributed by atoms with Gasteiger partial charge in [-0.2, -0.15) is 4.98 Å². The lowest BCUT2D eigenvalue weighted by Crippen LogP contribution is -2.15. The summed E-state index contributed by atoms with van der Waals surface area (Å²) in [5.41, 5.74) is 1.09. The summed E-state index contributed by atoms with van der Waals surface area (Å²) in [5, 5.41) is 25.9. The van der Waals surface area contributed by atoms with Crippen molar-refractivity contribution in [2.45, 2.75) is 24.0 Å². The van der Waals surface area contributed by atoms with Gasteiger partial charge < -0.3 is 5.32 Å². The zero-order chi connectivity index (χ0) is 21.0. The average molecular weight is 432 g/mol. The van der Waals surface area contributed by atoms with Gasteiger partial charge in [0.1, 0.15) is 5.02 Å². The maximum atomic E-state index is 10.8. The second-order valence-corrected chi connectivity index (χ2v) is 8.27. The highest BCUT2D eigenvalue weighted by molar-refractivity contribution is 8.00. The predicted molar refractivity (Wildman–Crippen MR) is 115 cm³/mol. The molecule has 0 bridgehead atoms. The number of thioether (sulfide) groups is 1. The molecule has 0 spiro atoms. The van der Waals surface area contributed by atoms with Crippen LogP contribution in [-0.2, 0) is 0 Å². The number of nitrogens with zero attached hydrogens (tertiary/aromatic N) is 4. The molecule has 0 atom stereocenters. The van der Waals surface area contributed by atoms with Crippen LogP contribution in [0.5, 0.6) is 0 Å². The number of benzene rings is 2. The first kappa shape index (κ1) is 20.8. The van der Waals surface area contributed by atoms with Crippen LogP contribution in [0.15, 0.2) is 59.6 Å². The Bertz CT molecular complexity index is 1020. The van der Waals surface area contributed by atoms with E-state index < -0.39 is 4.92 Å². The van der Waals surface area contributed by atoms with E-state index in [4.69, 9.17) is 11.6 Å². The third-order valence-corrected chi connectivity index (χ3v) is 5.05. The van der Waals surface area contributed by atoms with Gasteiger partial charge in [-0.3, -0.25) is 15.3 Å². The molecule has 0 radical (unpaired) electrons. The van der Waals surface area contributed by atoms with Crippen molar-refractivity contribution >= 4 is 52.2 Å². The maximum absolute atomic E-state index is 10.8. The highest BCUT2D eigenvalue weighted by atomic mass is 35.5. The lowest BCUT2D eigenvalue weighted by molar-refractivity contribution is -0.384. The van der Waals surface area contributed by atoms with Crippen LogP contribution in [-0.4, -0.2) is 25.3 Å². The van der Waals surface area contributed by atoms with Crippen LogP contribution in [0.3, 0.4) is 0 Å². The standard InChI is InChI=1S/C19H18ClN5O3S/c1-12(2)29-17-6-4-3-5-16(17)24(26)18-15(20)11-21-19(23-18)22-13-7-9-14(10-8-13)25(27)28/h3-12,26H,1-2H3,(H,21,22,23). The number of para-hydroxylation sites is 1. The first-order chi connectivity index (χ1) is 13.8. The van der Waals surface area contributed by atoms with Gasteiger partial charge in [-0.25, -0.2) is 10.0 Å². The number of anilines is 4. The van der Waals surface area contributed by atoms with E-state index >= 15 is 0 Å². The minimum Gasteiger partial charge on any atom is -0.324 e. The molecule has 0 aliphatic heterocycles. The van der Waals surface area contributed by atoms with Crippen LogP contribution >= 0.6 is 23.4 Å². The van der Waals surface area contributed by atoms with Crippen LogP contribution in [0.4, 0.5) is 28.8 Å². The largest absolute Gasteiger partial charge is 0.324 e. The molecule has 2 N–H and O–H groups in total. The zero-order valence-corrected chi connectivity index (χ0v) is 17.2. The van der Waals surface area contributed by atoms with Crippen LogP contribution in [0, 0.1) is 10.1 Å². The molecular weight excluding hydrogens is 414 g/mol. The molecule has 0 aliphatic carbocycles. The molecule has 0 amide bonds. The Morgan fingerprint density at radius 2 is 1.90 bits per heavy atom. The molecule has 0 saturated carbocycles. The Balaban J connectivity index is 1.88. The zero-order valence-electron chi connectivity index (χ0n) is 15.6. The average Bonchev–Trinajstić information content (AvgIpc) is 2.69. The molecule has 0 fully saturated rings. The van der Waals surface area contributed by atoms with Gasteiger partial charge in [-0.1, -0.05) is 37.6 Å². The molecule has 29 heavy (non-hydrogen) atoms. The Morgan fingerprint density at radius 1 is 1.21 bits per heavy atom. The minimum atomic E-state index is -0.475. The molecule has 2 aromatic carbocycles. The smallest absolute Gasteiger partial charge is 0.269 e. The van der Waals surface area contributed by atoms with Crippen molar-refractivity contribution in [3.8, 4) is 0 Å². The van der Waals surface area contributed by atoms with Gasteiger partial charge in [-0.15, -0.1) is 11.8 Å². The quantitative estimate of drug-likeness (QED) is 0.274. The molecular formula is C19H18ClN5O3S. The SMILES string of the molecule is CC(C)Sc1ccccc1N(O)c1nc(Nc2ccc([N+](=O)[O-])cc2)ncc1Cl. The van der Waals surface area contributed by atoms with Gasteiger partial charge in [0.2, 0.25) is 5.95 Å². The number of rotatable bonds is 7. The monoisotopic (exact) mass is 431 g/mol. The predicted octanol–water partition coefficient (Wildman–Crippen LogP) is 5.81. The number of nitro benzene ring substituents is 1. The third-order valence-electron chi connectivity index (χ3n) is 3.72. The van der Waals surface area contributed by atoms with Crippen LogP contribution < -0.4 is 10.4 Å². The topological polar surface area (TPSA) is 104 Å². The summed E-state index contributed by atoms with van der Waals surface area (Å²) >= 11 is 7.83.